The van der Waals surface area contributed by atoms with Crippen LogP contribution in [0.4, 0.5) is 4.79 Å². The van der Waals surface area contributed by atoms with E-state index >= 15 is 0 Å². The lowest BCUT2D eigenvalue weighted by Gasteiger charge is -2.38. The smallest absolute Gasteiger partial charge is 0.410 e. The highest BCUT2D eigenvalue weighted by Crippen LogP contribution is 2.22. The number of piperazine rings is 1. The highest BCUT2D eigenvalue weighted by molar-refractivity contribution is 9.10. The Hall–Kier alpha value is -0.570. The van der Waals surface area contributed by atoms with Crippen LogP contribution in [0.5, 0.6) is 0 Å². The first kappa shape index (κ1) is 18.8. The molecule has 1 aromatic rings. The Morgan fingerprint density at radius 2 is 1.91 bits per heavy atom. The van der Waals surface area contributed by atoms with Gasteiger partial charge in [0, 0.05) is 24.1 Å². The summed E-state index contributed by atoms with van der Waals surface area (Å²) in [5.41, 5.74) is -0.527. The lowest BCUT2D eigenvalue weighted by molar-refractivity contribution is 0.0181. The Kier molecular flexibility index (Phi) is 6.16. The second kappa shape index (κ2) is 7.55. The van der Waals surface area contributed by atoms with Gasteiger partial charge in [-0.15, -0.1) is 0 Å². The second-order valence-electron chi connectivity index (χ2n) is 6.25. The summed E-state index contributed by atoms with van der Waals surface area (Å²) in [6, 6.07) is 7.36. The minimum Gasteiger partial charge on any atom is -0.444 e. The van der Waals surface area contributed by atoms with Gasteiger partial charge in [0.25, 0.3) is 0 Å². The van der Waals surface area contributed by atoms with E-state index in [1.165, 1.54) is 0 Å². The molecule has 1 aliphatic rings. The minimum atomic E-state index is -1.30. The zero-order valence-corrected chi connectivity index (χ0v) is 16.7. The van der Waals surface area contributed by atoms with Crippen LogP contribution in [0, 0.1) is 0 Å². The lowest BCUT2D eigenvalue weighted by atomic mass is 10.2. The molecule has 1 fully saturated rings. The third-order valence-electron chi connectivity index (χ3n) is 3.19. The molecule has 0 spiro atoms. The maximum Gasteiger partial charge on any atom is 0.410 e. The van der Waals surface area contributed by atoms with Gasteiger partial charge in [-0.2, -0.15) is 12.6 Å². The average Bonchev–Trinajstić information content (AvgIpc) is 2.45. The van der Waals surface area contributed by atoms with E-state index < -0.39 is 16.6 Å². The molecular formula is C15H21BrN2O3S2. The van der Waals surface area contributed by atoms with Crippen LogP contribution in [0.1, 0.15) is 20.8 Å². The van der Waals surface area contributed by atoms with Gasteiger partial charge in [-0.25, -0.2) is 13.3 Å². The summed E-state index contributed by atoms with van der Waals surface area (Å²) in [7, 11) is -1.30. The molecule has 128 valence electrons. The van der Waals surface area contributed by atoms with E-state index in [1.54, 1.807) is 9.21 Å². The molecule has 0 aliphatic carbocycles. The van der Waals surface area contributed by atoms with Crippen molar-refractivity contribution in [1.82, 2.24) is 9.21 Å². The summed E-state index contributed by atoms with van der Waals surface area (Å²) in [5.74, 6) is 0. The summed E-state index contributed by atoms with van der Waals surface area (Å²) in [4.78, 5) is 14.4. The molecule has 23 heavy (non-hydrogen) atoms. The van der Waals surface area contributed by atoms with Gasteiger partial charge in [0.05, 0.1) is 10.3 Å². The Labute approximate surface area is 153 Å². The van der Waals surface area contributed by atoms with E-state index in [0.29, 0.717) is 19.6 Å². The summed E-state index contributed by atoms with van der Waals surface area (Å²) in [6.07, 6.45) is -0.356. The molecular weight excluding hydrogens is 400 g/mol. The van der Waals surface area contributed by atoms with Crippen LogP contribution < -0.4 is 0 Å². The van der Waals surface area contributed by atoms with Gasteiger partial charge >= 0.3 is 6.09 Å². The fourth-order valence-corrected chi connectivity index (χ4v) is 4.13. The molecule has 1 aromatic carbocycles. The number of halogens is 1. The molecule has 1 aliphatic heterocycles. The molecule has 0 bridgehead atoms. The van der Waals surface area contributed by atoms with Crippen molar-refractivity contribution >= 4 is 45.6 Å². The monoisotopic (exact) mass is 420 g/mol. The molecule has 1 saturated heterocycles. The number of benzene rings is 1. The van der Waals surface area contributed by atoms with Crippen molar-refractivity contribution in [3.63, 3.8) is 0 Å². The molecule has 1 amide bonds. The van der Waals surface area contributed by atoms with E-state index in [-0.39, 0.29) is 11.5 Å². The molecule has 2 rings (SSSR count). The standard InChI is InChI=1S/C15H21BrN2O3S2/c1-15(2,3)21-14(19)17-8-9-18(13(22)10-17)23(20)12-6-4-11(16)5-7-12/h4-7,13,22H,8-10H2,1-3H3. The van der Waals surface area contributed by atoms with Crippen LogP contribution in [-0.2, 0) is 15.7 Å². The molecule has 5 nitrogen and oxygen atoms in total. The molecule has 2 atom stereocenters. The fraction of sp³-hybridized carbons (Fsp3) is 0.533. The largest absolute Gasteiger partial charge is 0.444 e. The first-order chi connectivity index (χ1) is 10.7. The van der Waals surface area contributed by atoms with E-state index in [9.17, 15) is 9.00 Å². The van der Waals surface area contributed by atoms with Crippen molar-refractivity contribution in [1.29, 1.82) is 0 Å². The van der Waals surface area contributed by atoms with Crippen molar-refractivity contribution in [3.8, 4) is 0 Å². The predicted octanol–water partition coefficient (Wildman–Crippen LogP) is 3.28. The first-order valence-electron chi connectivity index (χ1n) is 7.27. The number of amides is 1. The summed E-state index contributed by atoms with van der Waals surface area (Å²) < 4.78 is 20.8. The van der Waals surface area contributed by atoms with Crippen LogP contribution >= 0.6 is 28.6 Å². The number of ether oxygens (including phenoxy) is 1. The molecule has 0 N–H and O–H groups in total. The quantitative estimate of drug-likeness (QED) is 0.746. The van der Waals surface area contributed by atoms with Crippen LogP contribution in [0.15, 0.2) is 33.6 Å². The van der Waals surface area contributed by atoms with Gasteiger partial charge in [0.1, 0.15) is 16.6 Å². The van der Waals surface area contributed by atoms with E-state index in [4.69, 9.17) is 4.74 Å². The van der Waals surface area contributed by atoms with Gasteiger partial charge in [0.2, 0.25) is 0 Å². The SMILES string of the molecule is CC(C)(C)OC(=O)N1CCN(S(=O)c2ccc(Br)cc2)C(S)C1. The van der Waals surface area contributed by atoms with Crippen molar-refractivity contribution in [2.75, 3.05) is 19.6 Å². The zero-order valence-electron chi connectivity index (χ0n) is 13.4. The van der Waals surface area contributed by atoms with Crippen LogP contribution in [0.3, 0.4) is 0 Å². The molecule has 1 heterocycles. The number of hydrogen-bond acceptors (Lipinski definition) is 4. The van der Waals surface area contributed by atoms with E-state index in [1.807, 2.05) is 45.0 Å². The summed E-state index contributed by atoms with van der Waals surface area (Å²) in [6.45, 7) is 6.83. The van der Waals surface area contributed by atoms with Crippen LogP contribution in [0.25, 0.3) is 0 Å². The zero-order chi connectivity index (χ0) is 17.2. The van der Waals surface area contributed by atoms with Crippen molar-refractivity contribution in [2.45, 2.75) is 36.6 Å². The first-order valence-corrected chi connectivity index (χ1v) is 9.69. The molecule has 0 aromatic heterocycles. The van der Waals surface area contributed by atoms with Crippen molar-refractivity contribution in [3.05, 3.63) is 28.7 Å². The fourth-order valence-electron chi connectivity index (χ4n) is 2.12. The third kappa shape index (κ3) is 5.20. The normalized spacial score (nSPS) is 21.1. The van der Waals surface area contributed by atoms with Gasteiger partial charge in [-0.3, -0.25) is 0 Å². The number of thiol groups is 1. The summed E-state index contributed by atoms with van der Waals surface area (Å²) >= 11 is 7.87. The number of hydrogen-bond donors (Lipinski definition) is 1. The number of carbonyl (C=O) groups is 1. The van der Waals surface area contributed by atoms with Gasteiger partial charge in [0.15, 0.2) is 0 Å². The Bertz CT molecular complexity index is 589. The van der Waals surface area contributed by atoms with E-state index in [0.717, 1.165) is 9.37 Å². The Balaban J connectivity index is 2.00. The number of nitrogens with zero attached hydrogens (tertiary/aromatic N) is 2. The summed E-state index contributed by atoms with van der Waals surface area (Å²) in [5, 5.41) is -0.305. The predicted molar refractivity (Wildman–Crippen MR) is 97.8 cm³/mol. The van der Waals surface area contributed by atoms with E-state index in [2.05, 4.69) is 28.6 Å². The molecule has 2 unspecified atom stereocenters. The topological polar surface area (TPSA) is 49.9 Å². The van der Waals surface area contributed by atoms with Crippen molar-refractivity contribution < 1.29 is 13.7 Å². The minimum absolute atomic E-state index is 0.305. The van der Waals surface area contributed by atoms with Crippen LogP contribution in [0.2, 0.25) is 0 Å². The maximum absolute atomic E-state index is 12.7. The third-order valence-corrected chi connectivity index (χ3v) is 5.85. The number of rotatable bonds is 2. The van der Waals surface area contributed by atoms with Gasteiger partial charge in [-0.1, -0.05) is 15.9 Å². The molecule has 8 heteroatoms. The average molecular weight is 421 g/mol. The molecule has 0 radical (unpaired) electrons. The maximum atomic E-state index is 12.7. The highest BCUT2D eigenvalue weighted by atomic mass is 79.9. The molecule has 0 saturated carbocycles. The van der Waals surface area contributed by atoms with Crippen LogP contribution in [-0.4, -0.2) is 50.1 Å². The van der Waals surface area contributed by atoms with Gasteiger partial charge < -0.3 is 9.64 Å². The highest BCUT2D eigenvalue weighted by Gasteiger charge is 2.33. The van der Waals surface area contributed by atoms with Gasteiger partial charge in [-0.05, 0) is 45.0 Å². The Morgan fingerprint density at radius 3 is 2.43 bits per heavy atom. The van der Waals surface area contributed by atoms with Crippen molar-refractivity contribution in [2.24, 2.45) is 0 Å². The lowest BCUT2D eigenvalue weighted by Crippen LogP contribution is -2.53. The number of carbonyl (C=O) groups excluding carboxylic acids is 1. The second-order valence-corrected chi connectivity index (χ2v) is 9.20. The Morgan fingerprint density at radius 1 is 1.30 bits per heavy atom.